The Morgan fingerprint density at radius 1 is 1.50 bits per heavy atom. The van der Waals surface area contributed by atoms with Crippen LogP contribution in [0, 0.1) is 0 Å². The molecule has 3 heterocycles. The molecule has 1 aliphatic heterocycles. The maximum absolute atomic E-state index is 12.6. The van der Waals surface area contributed by atoms with Crippen LogP contribution in [0.15, 0.2) is 16.6 Å². The SMILES string of the molecule is CNc1nc2sccn2c1S(=O)(=O)NC1CCCSC1. The third-order valence-corrected chi connectivity index (χ3v) is 6.71. The monoisotopic (exact) mass is 332 g/mol. The van der Waals surface area contributed by atoms with Gasteiger partial charge in [0.25, 0.3) is 10.0 Å². The van der Waals surface area contributed by atoms with E-state index in [1.807, 2.05) is 5.38 Å². The molecule has 3 rings (SSSR count). The molecule has 1 unspecified atom stereocenters. The molecule has 2 N–H and O–H groups in total. The van der Waals surface area contributed by atoms with E-state index in [1.165, 1.54) is 11.3 Å². The molecule has 1 atom stereocenters. The molecule has 6 nitrogen and oxygen atoms in total. The number of thiazole rings is 1. The molecule has 0 bridgehead atoms. The lowest BCUT2D eigenvalue weighted by atomic mass is 10.2. The van der Waals surface area contributed by atoms with E-state index in [2.05, 4.69) is 15.0 Å². The molecule has 20 heavy (non-hydrogen) atoms. The summed E-state index contributed by atoms with van der Waals surface area (Å²) in [5.41, 5.74) is 0. The van der Waals surface area contributed by atoms with Crippen LogP contribution in [0.1, 0.15) is 12.8 Å². The van der Waals surface area contributed by atoms with Crippen molar-refractivity contribution in [3.8, 4) is 0 Å². The summed E-state index contributed by atoms with van der Waals surface area (Å²) >= 11 is 3.21. The molecule has 1 fully saturated rings. The summed E-state index contributed by atoms with van der Waals surface area (Å²) in [5, 5.41) is 4.90. The second kappa shape index (κ2) is 5.55. The van der Waals surface area contributed by atoms with Gasteiger partial charge in [0.1, 0.15) is 0 Å². The summed E-state index contributed by atoms with van der Waals surface area (Å²) in [6.45, 7) is 0. The molecular weight excluding hydrogens is 316 g/mol. The minimum absolute atomic E-state index is 0.00708. The summed E-state index contributed by atoms with van der Waals surface area (Å²) in [7, 11) is -1.89. The van der Waals surface area contributed by atoms with Crippen molar-refractivity contribution in [2.24, 2.45) is 0 Å². The Morgan fingerprint density at radius 3 is 3.05 bits per heavy atom. The first-order chi connectivity index (χ1) is 9.62. The molecule has 2 aromatic rings. The highest BCUT2D eigenvalue weighted by molar-refractivity contribution is 7.99. The number of imidazole rings is 1. The van der Waals surface area contributed by atoms with E-state index in [0.717, 1.165) is 24.3 Å². The Hall–Kier alpha value is -0.770. The van der Waals surface area contributed by atoms with Crippen LogP contribution in [-0.4, -0.2) is 42.4 Å². The lowest BCUT2D eigenvalue weighted by molar-refractivity contribution is 0.540. The number of nitrogens with one attached hydrogen (secondary N) is 2. The van der Waals surface area contributed by atoms with E-state index in [1.54, 1.807) is 29.4 Å². The Bertz CT molecular complexity index is 700. The summed E-state index contributed by atoms with van der Waals surface area (Å²) in [6, 6.07) is 0.00708. The maximum atomic E-state index is 12.6. The van der Waals surface area contributed by atoms with Crippen LogP contribution >= 0.6 is 23.1 Å². The van der Waals surface area contributed by atoms with Crippen molar-refractivity contribution in [3.63, 3.8) is 0 Å². The number of rotatable bonds is 4. The van der Waals surface area contributed by atoms with Gasteiger partial charge < -0.3 is 5.32 Å². The van der Waals surface area contributed by atoms with Gasteiger partial charge in [-0.2, -0.15) is 11.8 Å². The zero-order valence-electron chi connectivity index (χ0n) is 11.0. The van der Waals surface area contributed by atoms with E-state index in [0.29, 0.717) is 10.8 Å². The number of hydrogen-bond donors (Lipinski definition) is 2. The Kier molecular flexibility index (Phi) is 3.93. The number of nitrogens with zero attached hydrogens (tertiary/aromatic N) is 2. The molecule has 0 radical (unpaired) electrons. The zero-order chi connectivity index (χ0) is 14.2. The van der Waals surface area contributed by atoms with Crippen molar-refractivity contribution in [2.75, 3.05) is 23.9 Å². The van der Waals surface area contributed by atoms with Crippen LogP contribution in [0.3, 0.4) is 0 Å². The highest BCUT2D eigenvalue weighted by atomic mass is 32.2. The van der Waals surface area contributed by atoms with Gasteiger partial charge in [-0.15, -0.1) is 11.3 Å². The van der Waals surface area contributed by atoms with E-state index >= 15 is 0 Å². The molecule has 2 aromatic heterocycles. The van der Waals surface area contributed by atoms with Crippen LogP contribution in [0.25, 0.3) is 4.96 Å². The van der Waals surface area contributed by atoms with Crippen LogP contribution < -0.4 is 10.0 Å². The molecule has 0 amide bonds. The van der Waals surface area contributed by atoms with Crippen molar-refractivity contribution in [2.45, 2.75) is 23.9 Å². The first-order valence-corrected chi connectivity index (χ1v) is 9.87. The Balaban J connectivity index is 1.97. The largest absolute Gasteiger partial charge is 0.371 e. The normalized spacial score (nSPS) is 20.4. The number of aromatic nitrogens is 2. The summed E-state index contributed by atoms with van der Waals surface area (Å²) in [5.74, 6) is 2.34. The molecule has 0 saturated carbocycles. The van der Waals surface area contributed by atoms with Crippen molar-refractivity contribution >= 4 is 43.9 Å². The fraction of sp³-hybridized carbons (Fsp3) is 0.545. The number of anilines is 1. The second-order valence-corrected chi connectivity index (χ2v) is 8.26. The van der Waals surface area contributed by atoms with Gasteiger partial charge in [-0.05, 0) is 18.6 Å². The summed E-state index contributed by atoms with van der Waals surface area (Å²) < 4.78 is 29.7. The summed E-state index contributed by atoms with van der Waals surface area (Å²) in [4.78, 5) is 4.97. The predicted octanol–water partition coefficient (Wildman–Crippen LogP) is 1.61. The molecule has 110 valence electrons. The fourth-order valence-corrected chi connectivity index (χ4v) is 5.80. The minimum atomic E-state index is -3.57. The van der Waals surface area contributed by atoms with E-state index in [-0.39, 0.29) is 11.1 Å². The average molecular weight is 332 g/mol. The molecule has 0 aliphatic carbocycles. The van der Waals surface area contributed by atoms with Gasteiger partial charge in [-0.25, -0.2) is 18.1 Å². The lowest BCUT2D eigenvalue weighted by Crippen LogP contribution is -2.38. The van der Waals surface area contributed by atoms with Gasteiger partial charge in [0, 0.05) is 30.4 Å². The van der Waals surface area contributed by atoms with E-state index < -0.39 is 10.0 Å². The molecule has 0 aromatic carbocycles. The Morgan fingerprint density at radius 2 is 2.35 bits per heavy atom. The molecule has 1 saturated heterocycles. The zero-order valence-corrected chi connectivity index (χ0v) is 13.4. The third-order valence-electron chi connectivity index (χ3n) is 3.19. The van der Waals surface area contributed by atoms with Crippen molar-refractivity contribution in [3.05, 3.63) is 11.6 Å². The lowest BCUT2D eigenvalue weighted by Gasteiger charge is -2.22. The molecule has 1 aliphatic rings. The predicted molar refractivity (Wildman–Crippen MR) is 83.3 cm³/mol. The van der Waals surface area contributed by atoms with Gasteiger partial charge in [0.2, 0.25) is 0 Å². The smallest absolute Gasteiger partial charge is 0.260 e. The van der Waals surface area contributed by atoms with Crippen LogP contribution in [0.5, 0.6) is 0 Å². The van der Waals surface area contributed by atoms with E-state index in [4.69, 9.17) is 0 Å². The third kappa shape index (κ3) is 2.54. The fourth-order valence-electron chi connectivity index (χ4n) is 2.29. The van der Waals surface area contributed by atoms with Crippen LogP contribution in [0.4, 0.5) is 5.82 Å². The average Bonchev–Trinajstić information content (AvgIpc) is 2.98. The van der Waals surface area contributed by atoms with Crippen molar-refractivity contribution in [1.29, 1.82) is 0 Å². The number of thioether (sulfide) groups is 1. The van der Waals surface area contributed by atoms with Crippen LogP contribution in [0.2, 0.25) is 0 Å². The molecular formula is C11H16N4O2S3. The summed E-state index contributed by atoms with van der Waals surface area (Å²) in [6.07, 6.45) is 3.68. The first-order valence-electron chi connectivity index (χ1n) is 6.35. The van der Waals surface area contributed by atoms with Crippen LogP contribution in [-0.2, 0) is 10.0 Å². The minimum Gasteiger partial charge on any atom is -0.371 e. The number of hydrogen-bond acceptors (Lipinski definition) is 6. The molecule has 0 spiro atoms. The maximum Gasteiger partial charge on any atom is 0.260 e. The molecule has 9 heteroatoms. The number of sulfonamides is 1. The highest BCUT2D eigenvalue weighted by Crippen LogP contribution is 2.26. The highest BCUT2D eigenvalue weighted by Gasteiger charge is 2.28. The Labute approximate surface area is 126 Å². The van der Waals surface area contributed by atoms with Gasteiger partial charge in [-0.3, -0.25) is 4.40 Å². The standard InChI is InChI=1S/C11H16N4O2S3/c1-12-9-10(15-4-6-19-11(15)13-9)20(16,17)14-8-3-2-5-18-7-8/h4,6,8,12,14H,2-3,5,7H2,1H3. The van der Waals surface area contributed by atoms with E-state index in [9.17, 15) is 8.42 Å². The second-order valence-electron chi connectivity index (χ2n) is 4.61. The first kappa shape index (κ1) is 14.2. The quantitative estimate of drug-likeness (QED) is 0.890. The van der Waals surface area contributed by atoms with Crippen molar-refractivity contribution < 1.29 is 8.42 Å². The topological polar surface area (TPSA) is 75.5 Å². The van der Waals surface area contributed by atoms with Gasteiger partial charge in [0.05, 0.1) is 0 Å². The van der Waals surface area contributed by atoms with Crippen molar-refractivity contribution in [1.82, 2.24) is 14.1 Å². The van der Waals surface area contributed by atoms with Gasteiger partial charge in [0.15, 0.2) is 15.8 Å². The number of fused-ring (bicyclic) bond motifs is 1. The van der Waals surface area contributed by atoms with Gasteiger partial charge >= 0.3 is 0 Å². The van der Waals surface area contributed by atoms with Gasteiger partial charge in [-0.1, -0.05) is 0 Å².